The van der Waals surface area contributed by atoms with E-state index in [0.29, 0.717) is 12.2 Å². The predicted octanol–water partition coefficient (Wildman–Crippen LogP) is 1.86. The van der Waals surface area contributed by atoms with E-state index >= 15 is 0 Å². The van der Waals surface area contributed by atoms with Crippen molar-refractivity contribution >= 4 is 29.8 Å². The molecule has 1 aromatic carbocycles. The van der Waals surface area contributed by atoms with Gasteiger partial charge in [-0.05, 0) is 23.8 Å². The Labute approximate surface area is 153 Å². The number of nitrogens with one attached hydrogen (secondary N) is 2. The third-order valence-corrected chi connectivity index (χ3v) is 4.42. The Hall–Kier alpha value is -2.31. The number of para-hydroxylation sites is 1. The number of fused-ring (bicyclic) bond motifs is 1. The monoisotopic (exact) mass is 360 g/mol. The number of rotatable bonds is 3. The molecule has 0 bridgehead atoms. The van der Waals surface area contributed by atoms with Crippen molar-refractivity contribution in [1.82, 2.24) is 10.3 Å². The van der Waals surface area contributed by atoms with E-state index in [1.807, 2.05) is 42.6 Å². The highest BCUT2D eigenvalue weighted by Gasteiger charge is 2.28. The average molecular weight is 361 g/mol. The van der Waals surface area contributed by atoms with Gasteiger partial charge in [-0.25, -0.2) is 4.98 Å². The number of anilines is 2. The smallest absolute Gasteiger partial charge is 0.266 e. The predicted molar refractivity (Wildman–Crippen MR) is 99.8 cm³/mol. The van der Waals surface area contributed by atoms with Gasteiger partial charge >= 0.3 is 0 Å². The lowest BCUT2D eigenvalue weighted by Crippen LogP contribution is -2.43. The molecule has 0 saturated carbocycles. The molecule has 1 atom stereocenters. The Bertz CT molecular complexity index is 707. The van der Waals surface area contributed by atoms with Gasteiger partial charge in [-0.2, -0.15) is 0 Å². The Balaban J connectivity index is 0.00000182. The number of halogens is 1. The summed E-state index contributed by atoms with van der Waals surface area (Å²) >= 11 is 0. The highest BCUT2D eigenvalue weighted by molar-refractivity contribution is 5.94. The van der Waals surface area contributed by atoms with Crippen LogP contribution in [0.1, 0.15) is 5.56 Å². The Morgan fingerprint density at radius 3 is 2.72 bits per heavy atom. The fourth-order valence-electron chi connectivity index (χ4n) is 3.11. The highest BCUT2D eigenvalue weighted by atomic mass is 35.5. The largest absolute Gasteiger partial charge is 0.480 e. The maximum Gasteiger partial charge on any atom is 0.266 e. The molecule has 4 rings (SSSR count). The lowest BCUT2D eigenvalue weighted by Gasteiger charge is -2.29. The summed E-state index contributed by atoms with van der Waals surface area (Å²) in [5.41, 5.74) is 2.15. The third-order valence-electron chi connectivity index (χ3n) is 4.42. The van der Waals surface area contributed by atoms with Crippen molar-refractivity contribution in [3.8, 4) is 5.75 Å². The van der Waals surface area contributed by atoms with Gasteiger partial charge in [0.15, 0.2) is 6.10 Å². The minimum atomic E-state index is -0.489. The van der Waals surface area contributed by atoms with Crippen LogP contribution in [0.5, 0.6) is 5.75 Å². The van der Waals surface area contributed by atoms with Gasteiger partial charge in [0.05, 0.1) is 11.9 Å². The number of pyridine rings is 1. The van der Waals surface area contributed by atoms with Gasteiger partial charge in [-0.3, -0.25) is 4.79 Å². The molecule has 2 aliphatic heterocycles. The zero-order chi connectivity index (χ0) is 16.4. The van der Waals surface area contributed by atoms with Crippen molar-refractivity contribution in [2.75, 3.05) is 36.4 Å². The maximum atomic E-state index is 12.4. The number of hydrogen-bond donors (Lipinski definition) is 2. The number of piperazine rings is 1. The molecule has 6 nitrogen and oxygen atoms in total. The molecule has 25 heavy (non-hydrogen) atoms. The summed E-state index contributed by atoms with van der Waals surface area (Å²) in [4.78, 5) is 19.0. The second-order valence-electron chi connectivity index (χ2n) is 6.05. The number of amides is 1. The van der Waals surface area contributed by atoms with E-state index in [0.717, 1.165) is 43.2 Å². The lowest BCUT2D eigenvalue weighted by atomic mass is 10.1. The van der Waals surface area contributed by atoms with Crippen LogP contribution < -0.4 is 20.3 Å². The number of aromatic nitrogens is 1. The quantitative estimate of drug-likeness (QED) is 0.874. The molecule has 2 N–H and O–H groups in total. The summed E-state index contributed by atoms with van der Waals surface area (Å²) in [6, 6.07) is 11.6. The van der Waals surface area contributed by atoms with Crippen molar-refractivity contribution < 1.29 is 9.53 Å². The molecule has 3 heterocycles. The number of ether oxygens (including phenoxy) is 1. The molecule has 0 spiro atoms. The zero-order valence-electron chi connectivity index (χ0n) is 13.8. The number of hydrogen-bond acceptors (Lipinski definition) is 5. The highest BCUT2D eigenvalue weighted by Crippen LogP contribution is 2.28. The summed E-state index contributed by atoms with van der Waals surface area (Å²) in [5, 5.41) is 6.17. The summed E-state index contributed by atoms with van der Waals surface area (Å²) in [6.45, 7) is 3.92. The van der Waals surface area contributed by atoms with Crippen molar-refractivity contribution in [3.05, 3.63) is 48.2 Å². The minimum absolute atomic E-state index is 0. The Morgan fingerprint density at radius 2 is 2.00 bits per heavy atom. The molecule has 7 heteroatoms. The van der Waals surface area contributed by atoms with E-state index < -0.39 is 6.10 Å². The minimum Gasteiger partial charge on any atom is -0.480 e. The number of carbonyl (C=O) groups is 1. The van der Waals surface area contributed by atoms with Gasteiger partial charge in [0.2, 0.25) is 0 Å². The normalized spacial score (nSPS) is 18.7. The van der Waals surface area contributed by atoms with Crippen LogP contribution in [0.4, 0.5) is 11.5 Å². The topological polar surface area (TPSA) is 66.5 Å². The van der Waals surface area contributed by atoms with Crippen LogP contribution in [0.25, 0.3) is 0 Å². The van der Waals surface area contributed by atoms with Crippen LogP contribution in [0, 0.1) is 0 Å². The van der Waals surface area contributed by atoms with Gasteiger partial charge in [0, 0.05) is 32.6 Å². The van der Waals surface area contributed by atoms with E-state index in [9.17, 15) is 4.79 Å². The number of carbonyl (C=O) groups excluding carboxylic acids is 1. The molecule has 0 radical (unpaired) electrons. The van der Waals surface area contributed by atoms with E-state index in [1.165, 1.54) is 0 Å². The third kappa shape index (κ3) is 3.86. The zero-order valence-corrected chi connectivity index (χ0v) is 14.6. The molecule has 1 saturated heterocycles. The average Bonchev–Trinajstić information content (AvgIpc) is 3.07. The molecular weight excluding hydrogens is 340 g/mol. The first-order chi connectivity index (χ1) is 11.8. The van der Waals surface area contributed by atoms with Crippen LogP contribution in [0.3, 0.4) is 0 Å². The van der Waals surface area contributed by atoms with Crippen molar-refractivity contribution in [2.24, 2.45) is 0 Å². The second-order valence-corrected chi connectivity index (χ2v) is 6.05. The van der Waals surface area contributed by atoms with Crippen LogP contribution in [0.15, 0.2) is 42.6 Å². The molecular formula is C18H21ClN4O2. The van der Waals surface area contributed by atoms with Gasteiger partial charge in [0.1, 0.15) is 11.6 Å². The van der Waals surface area contributed by atoms with Crippen molar-refractivity contribution in [1.29, 1.82) is 0 Å². The number of nitrogens with zero attached hydrogens (tertiary/aromatic N) is 2. The van der Waals surface area contributed by atoms with E-state index in [4.69, 9.17) is 4.74 Å². The fraction of sp³-hybridized carbons (Fsp3) is 0.333. The molecule has 1 aromatic heterocycles. The molecule has 1 amide bonds. The van der Waals surface area contributed by atoms with Gasteiger partial charge < -0.3 is 20.3 Å². The summed E-state index contributed by atoms with van der Waals surface area (Å²) in [5.74, 6) is 1.19. The lowest BCUT2D eigenvalue weighted by molar-refractivity contribution is -0.122. The Morgan fingerprint density at radius 1 is 1.20 bits per heavy atom. The first-order valence-corrected chi connectivity index (χ1v) is 8.27. The van der Waals surface area contributed by atoms with E-state index in [2.05, 4.69) is 20.5 Å². The number of benzene rings is 1. The van der Waals surface area contributed by atoms with Crippen molar-refractivity contribution in [2.45, 2.75) is 12.5 Å². The molecule has 2 aromatic rings. The van der Waals surface area contributed by atoms with Crippen LogP contribution >= 0.6 is 12.4 Å². The van der Waals surface area contributed by atoms with Gasteiger partial charge in [-0.1, -0.05) is 18.2 Å². The maximum absolute atomic E-state index is 12.4. The van der Waals surface area contributed by atoms with Gasteiger partial charge in [0.25, 0.3) is 5.91 Å². The molecule has 0 aliphatic carbocycles. The first kappa shape index (κ1) is 17.5. The van der Waals surface area contributed by atoms with Crippen LogP contribution in [-0.4, -0.2) is 43.2 Å². The molecule has 2 aliphatic rings. The van der Waals surface area contributed by atoms with E-state index in [1.54, 1.807) is 0 Å². The molecule has 132 valence electrons. The molecule has 1 fully saturated rings. The van der Waals surface area contributed by atoms with Gasteiger partial charge in [-0.15, -0.1) is 12.4 Å². The second kappa shape index (κ2) is 7.72. The van der Waals surface area contributed by atoms with Crippen molar-refractivity contribution in [3.63, 3.8) is 0 Å². The molecule has 1 unspecified atom stereocenters. The standard InChI is InChI=1S/C18H20N4O2.ClH/c23-18(16-11-13-3-1-2-4-15(13)24-16)21-17-6-5-14(12-20-17)22-9-7-19-8-10-22;/h1-6,12,16,19H,7-11H2,(H,20,21,23);1H. The summed E-state index contributed by atoms with van der Waals surface area (Å²) in [6.07, 6.45) is 1.92. The fourth-order valence-corrected chi connectivity index (χ4v) is 3.11. The summed E-state index contributed by atoms with van der Waals surface area (Å²) in [7, 11) is 0. The van der Waals surface area contributed by atoms with Crippen LogP contribution in [-0.2, 0) is 11.2 Å². The SMILES string of the molecule is Cl.O=C(Nc1ccc(N2CCNCC2)cn1)C1Cc2ccccc2O1. The Kier molecular flexibility index (Phi) is 5.40. The van der Waals surface area contributed by atoms with E-state index in [-0.39, 0.29) is 18.3 Å². The summed E-state index contributed by atoms with van der Waals surface area (Å²) < 4.78 is 5.70. The first-order valence-electron chi connectivity index (χ1n) is 8.27. The van der Waals surface area contributed by atoms with Crippen LogP contribution in [0.2, 0.25) is 0 Å².